The monoisotopic (exact) mass is 485 g/mol. The van der Waals surface area contributed by atoms with Crippen LogP contribution in [0.3, 0.4) is 0 Å². The first kappa shape index (κ1) is 27.3. The molecule has 0 spiro atoms. The summed E-state index contributed by atoms with van der Waals surface area (Å²) >= 11 is 0. The zero-order valence-corrected chi connectivity index (χ0v) is 19.3. The van der Waals surface area contributed by atoms with Crippen LogP contribution in [-0.2, 0) is 42.8 Å². The highest BCUT2D eigenvalue weighted by molar-refractivity contribution is 5.82. The Hall–Kier alpha value is -1.96. The molecule has 10 nitrogen and oxygen atoms in total. The Morgan fingerprint density at radius 1 is 1.00 bits per heavy atom. The Bertz CT molecular complexity index is 734. The van der Waals surface area contributed by atoms with Crippen LogP contribution < -0.4 is 5.32 Å². The van der Waals surface area contributed by atoms with Crippen LogP contribution in [0.25, 0.3) is 0 Å². The number of halogens is 3. The first-order valence-corrected chi connectivity index (χ1v) is 10.4. The Morgan fingerprint density at radius 3 is 2.09 bits per heavy atom. The summed E-state index contributed by atoms with van der Waals surface area (Å²) in [7, 11) is 1.33. The molecule has 2 fully saturated rings. The van der Waals surface area contributed by atoms with E-state index in [2.05, 4.69) is 0 Å². The van der Waals surface area contributed by atoms with Crippen LogP contribution in [0.1, 0.15) is 47.5 Å². The molecule has 2 saturated heterocycles. The van der Waals surface area contributed by atoms with Crippen molar-refractivity contribution in [2.75, 3.05) is 7.11 Å². The van der Waals surface area contributed by atoms with Gasteiger partial charge in [-0.25, -0.2) is 0 Å². The number of carbonyl (C=O) groups excluding carboxylic acids is 3. The number of carbonyl (C=O) groups is 3. The van der Waals surface area contributed by atoms with Gasteiger partial charge >= 0.3 is 24.0 Å². The maximum Gasteiger partial charge on any atom is 0.471 e. The molecular weight excluding hydrogens is 455 g/mol. The second kappa shape index (κ2) is 10.5. The van der Waals surface area contributed by atoms with E-state index in [0.29, 0.717) is 0 Å². The number of amides is 1. The highest BCUT2D eigenvalue weighted by Crippen LogP contribution is 2.36. The average Bonchev–Trinajstić information content (AvgIpc) is 2.65. The van der Waals surface area contributed by atoms with Crippen molar-refractivity contribution in [3.63, 3.8) is 0 Å². The summed E-state index contributed by atoms with van der Waals surface area (Å²) in [5.74, 6) is -3.35. The number of nitrogens with one attached hydrogen (secondary N) is 1. The van der Waals surface area contributed by atoms with Gasteiger partial charge in [-0.2, -0.15) is 13.2 Å². The van der Waals surface area contributed by atoms with E-state index in [1.165, 1.54) is 27.9 Å². The zero-order valence-electron chi connectivity index (χ0n) is 19.3. The van der Waals surface area contributed by atoms with Crippen molar-refractivity contribution in [1.29, 1.82) is 0 Å². The van der Waals surface area contributed by atoms with Gasteiger partial charge in [0.05, 0.1) is 17.7 Å². The number of alkyl halides is 3. The van der Waals surface area contributed by atoms with Gasteiger partial charge in [0.1, 0.15) is 12.2 Å². The topological polar surface area (TPSA) is 119 Å². The molecule has 0 aromatic carbocycles. The highest BCUT2D eigenvalue weighted by atomic mass is 19.4. The van der Waals surface area contributed by atoms with Gasteiger partial charge in [-0.15, -0.1) is 0 Å². The first-order valence-electron chi connectivity index (χ1n) is 10.4. The maximum atomic E-state index is 13.0. The van der Waals surface area contributed by atoms with Gasteiger partial charge in [0.15, 0.2) is 18.7 Å². The van der Waals surface area contributed by atoms with Crippen molar-refractivity contribution in [2.24, 2.45) is 0 Å². The van der Waals surface area contributed by atoms with Crippen LogP contribution in [0.4, 0.5) is 13.2 Å². The molecule has 1 N–H and O–H groups in total. The third-order valence-electron chi connectivity index (χ3n) is 5.47. The van der Waals surface area contributed by atoms with Crippen LogP contribution in [0.2, 0.25) is 0 Å². The van der Waals surface area contributed by atoms with Gasteiger partial charge in [-0.3, -0.25) is 14.4 Å². The second-order valence-electron chi connectivity index (χ2n) is 8.37. The standard InChI is InChI=1S/C20H30F3NO9/c1-9-16(32-12(4)26)13(31-11(3)25)7-14(29-9)33-17-10(2)30-15(28-6)8-19(17,5)24-18(27)20(21,22)23/h9-10,13-17H,7-8H2,1-6H3,(H,24,27)/t9-,10-,13-,14+,15+,16+,17-,19+/m0/s1. The minimum absolute atomic E-state index is 0.0674. The summed E-state index contributed by atoms with van der Waals surface area (Å²) in [5.41, 5.74) is -1.54. The maximum absolute atomic E-state index is 13.0. The fourth-order valence-electron chi connectivity index (χ4n) is 4.13. The molecule has 8 atom stereocenters. The molecule has 0 unspecified atom stereocenters. The lowest BCUT2D eigenvalue weighted by Crippen LogP contribution is -2.67. The molecule has 13 heteroatoms. The van der Waals surface area contributed by atoms with Crippen LogP contribution in [0.5, 0.6) is 0 Å². The summed E-state index contributed by atoms with van der Waals surface area (Å²) in [6, 6.07) is 0. The smallest absolute Gasteiger partial charge is 0.458 e. The lowest BCUT2D eigenvalue weighted by Gasteiger charge is -2.49. The van der Waals surface area contributed by atoms with E-state index >= 15 is 0 Å². The number of hydrogen-bond donors (Lipinski definition) is 1. The third kappa shape index (κ3) is 7.01. The van der Waals surface area contributed by atoms with Gasteiger partial charge in [0.2, 0.25) is 0 Å². The normalized spacial score (nSPS) is 37.2. The lowest BCUT2D eigenvalue weighted by atomic mass is 9.84. The van der Waals surface area contributed by atoms with Crippen LogP contribution in [-0.4, -0.2) is 79.8 Å². The van der Waals surface area contributed by atoms with E-state index in [9.17, 15) is 27.6 Å². The van der Waals surface area contributed by atoms with E-state index in [4.69, 9.17) is 28.4 Å². The predicted octanol–water partition coefficient (Wildman–Crippen LogP) is 1.59. The lowest BCUT2D eigenvalue weighted by molar-refractivity contribution is -0.308. The largest absolute Gasteiger partial charge is 0.471 e. The molecule has 190 valence electrons. The third-order valence-corrected chi connectivity index (χ3v) is 5.47. The van der Waals surface area contributed by atoms with Crippen molar-refractivity contribution < 1.29 is 56.0 Å². The highest BCUT2D eigenvalue weighted by Gasteiger charge is 2.53. The summed E-state index contributed by atoms with van der Waals surface area (Å²) < 4.78 is 72.0. The van der Waals surface area contributed by atoms with Gasteiger partial charge in [-0.1, -0.05) is 0 Å². The van der Waals surface area contributed by atoms with E-state index in [1.807, 2.05) is 5.32 Å². The van der Waals surface area contributed by atoms with Gasteiger partial charge in [-0.05, 0) is 20.8 Å². The molecule has 33 heavy (non-hydrogen) atoms. The fourth-order valence-corrected chi connectivity index (χ4v) is 4.13. The predicted molar refractivity (Wildman–Crippen MR) is 103 cm³/mol. The van der Waals surface area contributed by atoms with Crippen LogP contribution in [0, 0.1) is 0 Å². The average molecular weight is 485 g/mol. The summed E-state index contributed by atoms with van der Waals surface area (Å²) in [6.45, 7) is 6.91. The molecule has 0 aromatic rings. The SMILES string of the molecule is CO[C@H]1C[C@@](C)(NC(=O)C(F)(F)F)[C@@H](O[C@@H]2C[C@H](OC(C)=O)[C@H](OC(C)=O)[C@H](C)O2)[C@H](C)O1. The molecule has 1 amide bonds. The molecule has 0 saturated carbocycles. The molecular formula is C20H30F3NO9. The number of esters is 2. The Kier molecular flexibility index (Phi) is 8.71. The van der Waals surface area contributed by atoms with Crippen molar-refractivity contribution in [2.45, 2.75) is 102 Å². The van der Waals surface area contributed by atoms with Crippen molar-refractivity contribution in [3.8, 4) is 0 Å². The second-order valence-corrected chi connectivity index (χ2v) is 8.37. The quantitative estimate of drug-likeness (QED) is 0.560. The van der Waals surface area contributed by atoms with E-state index in [0.717, 1.165) is 0 Å². The fraction of sp³-hybridized carbons (Fsp3) is 0.850. The molecule has 2 aliphatic rings. The minimum atomic E-state index is -5.11. The van der Waals surface area contributed by atoms with Crippen molar-refractivity contribution in [3.05, 3.63) is 0 Å². The Balaban J connectivity index is 2.25. The van der Waals surface area contributed by atoms with Gasteiger partial charge in [0, 0.05) is 33.8 Å². The number of rotatable bonds is 6. The molecule has 0 radical (unpaired) electrons. The molecule has 0 bridgehead atoms. The van der Waals surface area contributed by atoms with Crippen molar-refractivity contribution >= 4 is 17.8 Å². The molecule has 0 aliphatic carbocycles. The molecule has 0 aromatic heterocycles. The zero-order chi connectivity index (χ0) is 25.1. The number of hydrogen-bond acceptors (Lipinski definition) is 9. The molecule has 2 rings (SSSR count). The molecule has 2 aliphatic heterocycles. The van der Waals surface area contributed by atoms with E-state index in [-0.39, 0.29) is 12.8 Å². The van der Waals surface area contributed by atoms with E-state index in [1.54, 1.807) is 13.8 Å². The summed E-state index contributed by atoms with van der Waals surface area (Å²) in [5, 5.41) is 2.00. The van der Waals surface area contributed by atoms with Gasteiger partial charge < -0.3 is 33.7 Å². The number of methoxy groups -OCH3 is 1. The number of ether oxygens (including phenoxy) is 6. The summed E-state index contributed by atoms with van der Waals surface area (Å²) in [6.07, 6.45) is -11.7. The van der Waals surface area contributed by atoms with E-state index < -0.39 is 72.7 Å². The van der Waals surface area contributed by atoms with Crippen molar-refractivity contribution in [1.82, 2.24) is 5.32 Å². The summed E-state index contributed by atoms with van der Waals surface area (Å²) in [4.78, 5) is 34.7. The Labute approximate surface area is 189 Å². The van der Waals surface area contributed by atoms with Crippen LogP contribution >= 0.6 is 0 Å². The minimum Gasteiger partial charge on any atom is -0.458 e. The molecule has 2 heterocycles. The van der Waals surface area contributed by atoms with Gasteiger partial charge in [0.25, 0.3) is 0 Å². The van der Waals surface area contributed by atoms with Crippen LogP contribution in [0.15, 0.2) is 0 Å². The Morgan fingerprint density at radius 2 is 1.58 bits per heavy atom. The first-order chi connectivity index (χ1) is 15.2.